The topological polar surface area (TPSA) is 130 Å². The molecule has 2 rings (SSSR count). The zero-order chi connectivity index (χ0) is 22.9. The van der Waals surface area contributed by atoms with Crippen LogP contribution >= 0.6 is 0 Å². The molecule has 0 saturated heterocycles. The lowest BCUT2D eigenvalue weighted by Gasteiger charge is -2.18. The van der Waals surface area contributed by atoms with Crippen molar-refractivity contribution in [2.45, 2.75) is 63.3 Å². The second-order valence-corrected chi connectivity index (χ2v) is 8.68. The lowest BCUT2D eigenvalue weighted by molar-refractivity contribution is -0.124. The Labute approximate surface area is 183 Å². The fraction of sp³-hybridized carbons (Fsp3) is 0.476. The number of imidazole rings is 1. The number of aromatic nitrogens is 2. The molecule has 0 saturated carbocycles. The zero-order valence-electron chi connectivity index (χ0n) is 17.9. The van der Waals surface area contributed by atoms with Gasteiger partial charge in [-0.25, -0.2) is 4.98 Å². The fourth-order valence-electron chi connectivity index (χ4n) is 3.18. The van der Waals surface area contributed by atoms with Gasteiger partial charge in [0.1, 0.15) is 10.9 Å². The van der Waals surface area contributed by atoms with Crippen LogP contribution in [0, 0.1) is 0 Å². The Kier molecular flexibility index (Phi) is 9.20. The van der Waals surface area contributed by atoms with E-state index in [2.05, 4.69) is 22.5 Å². The van der Waals surface area contributed by atoms with Gasteiger partial charge >= 0.3 is 0 Å². The highest BCUT2D eigenvalue weighted by molar-refractivity contribution is 7.86. The molecular formula is C21H30N4O5S. The number of hydrogen-bond acceptors (Lipinski definition) is 5. The van der Waals surface area contributed by atoms with Crippen molar-refractivity contribution >= 4 is 27.8 Å². The van der Waals surface area contributed by atoms with Gasteiger partial charge in [0, 0.05) is 12.7 Å². The minimum Gasteiger partial charge on any atom is -0.354 e. The Hall–Kier alpha value is -2.72. The lowest BCUT2D eigenvalue weighted by Crippen LogP contribution is -2.32. The van der Waals surface area contributed by atoms with Crippen molar-refractivity contribution in [1.29, 1.82) is 0 Å². The number of carbonyl (C=O) groups is 2. The first-order valence-electron chi connectivity index (χ1n) is 10.5. The maximum absolute atomic E-state index is 12.6. The van der Waals surface area contributed by atoms with E-state index in [1.165, 1.54) is 24.5 Å². The van der Waals surface area contributed by atoms with E-state index < -0.39 is 27.0 Å². The van der Waals surface area contributed by atoms with Crippen LogP contribution < -0.4 is 10.6 Å². The number of anilines is 1. The fourth-order valence-corrected chi connectivity index (χ4v) is 3.87. The van der Waals surface area contributed by atoms with Crippen molar-refractivity contribution in [2.75, 3.05) is 11.9 Å². The van der Waals surface area contributed by atoms with Gasteiger partial charge in [-0.2, -0.15) is 8.42 Å². The minimum absolute atomic E-state index is 0.106. The van der Waals surface area contributed by atoms with Crippen molar-refractivity contribution in [3.8, 4) is 0 Å². The molecular weight excluding hydrogens is 420 g/mol. The molecule has 1 atom stereocenters. The highest BCUT2D eigenvalue weighted by Crippen LogP contribution is 2.20. The predicted molar refractivity (Wildman–Crippen MR) is 118 cm³/mol. The van der Waals surface area contributed by atoms with Crippen LogP contribution in [0.5, 0.6) is 0 Å². The Morgan fingerprint density at radius 2 is 1.87 bits per heavy atom. The van der Waals surface area contributed by atoms with Crippen LogP contribution in [0.1, 0.15) is 68.8 Å². The monoisotopic (exact) mass is 450 g/mol. The molecule has 0 radical (unpaired) electrons. The highest BCUT2D eigenvalue weighted by Gasteiger charge is 2.22. The number of rotatable bonds is 12. The summed E-state index contributed by atoms with van der Waals surface area (Å²) in [4.78, 5) is 28.9. The molecule has 31 heavy (non-hydrogen) atoms. The number of nitrogens with one attached hydrogen (secondary N) is 2. The maximum atomic E-state index is 12.6. The van der Waals surface area contributed by atoms with Gasteiger partial charge < -0.3 is 15.2 Å². The van der Waals surface area contributed by atoms with Crippen molar-refractivity contribution in [3.05, 3.63) is 42.4 Å². The first kappa shape index (κ1) is 24.5. The molecule has 0 fully saturated rings. The summed E-state index contributed by atoms with van der Waals surface area (Å²) in [6.07, 6.45) is 8.60. The smallest absolute Gasteiger partial charge is 0.295 e. The summed E-state index contributed by atoms with van der Waals surface area (Å²) in [5.74, 6) is -0.657. The van der Waals surface area contributed by atoms with Crippen LogP contribution in [0.3, 0.4) is 0 Å². The molecule has 0 aliphatic carbocycles. The number of benzene rings is 1. The largest absolute Gasteiger partial charge is 0.354 e. The molecule has 9 nitrogen and oxygen atoms in total. The standard InChI is InChI=1S/C21H30N4O5S/c1-3-5-6-7-11-17(21(27)22-13-4-2)25-14-19(23-15-25)24-20(26)16-10-8-9-12-18(16)31(28,29)30/h8-10,12,14-15,17H,3-7,11,13H2,1-2H3,(H,22,27)(H,24,26)(H,28,29,30). The molecule has 2 amide bonds. The van der Waals surface area contributed by atoms with Crippen molar-refractivity contribution in [2.24, 2.45) is 0 Å². The van der Waals surface area contributed by atoms with Gasteiger partial charge in [-0.05, 0) is 25.0 Å². The summed E-state index contributed by atoms with van der Waals surface area (Å²) in [5, 5.41) is 5.43. The van der Waals surface area contributed by atoms with Gasteiger partial charge in [-0.15, -0.1) is 0 Å². The number of carbonyl (C=O) groups excluding carboxylic acids is 2. The molecule has 3 N–H and O–H groups in total. The van der Waals surface area contributed by atoms with E-state index in [4.69, 9.17) is 0 Å². The Balaban J connectivity index is 2.17. The van der Waals surface area contributed by atoms with Crippen LogP contribution in [-0.2, 0) is 14.9 Å². The zero-order valence-corrected chi connectivity index (χ0v) is 18.7. The average Bonchev–Trinajstić information content (AvgIpc) is 3.19. The summed E-state index contributed by atoms with van der Waals surface area (Å²) in [6, 6.07) is 4.89. The van der Waals surface area contributed by atoms with Gasteiger partial charge in [0.2, 0.25) is 5.91 Å². The maximum Gasteiger partial charge on any atom is 0.295 e. The molecule has 0 aliphatic rings. The van der Waals surface area contributed by atoms with Crippen molar-refractivity contribution < 1.29 is 22.6 Å². The van der Waals surface area contributed by atoms with E-state index in [1.54, 1.807) is 10.8 Å². The number of unbranched alkanes of at least 4 members (excludes halogenated alkanes) is 3. The van der Waals surface area contributed by atoms with Crippen LogP contribution in [-0.4, -0.2) is 40.9 Å². The van der Waals surface area contributed by atoms with E-state index in [9.17, 15) is 22.6 Å². The number of nitrogens with zero attached hydrogens (tertiary/aromatic N) is 2. The summed E-state index contributed by atoms with van der Waals surface area (Å²) < 4.78 is 34.0. The predicted octanol–water partition coefficient (Wildman–Crippen LogP) is 3.42. The summed E-state index contributed by atoms with van der Waals surface area (Å²) in [7, 11) is -4.55. The van der Waals surface area contributed by atoms with Crippen LogP contribution in [0.15, 0.2) is 41.7 Å². The third kappa shape index (κ3) is 7.18. The summed E-state index contributed by atoms with van der Waals surface area (Å²) in [6.45, 7) is 4.68. The minimum atomic E-state index is -4.55. The molecule has 1 aromatic carbocycles. The quantitative estimate of drug-likeness (QED) is 0.335. The lowest BCUT2D eigenvalue weighted by atomic mass is 10.1. The average molecular weight is 451 g/mol. The Morgan fingerprint density at radius 3 is 2.55 bits per heavy atom. The Morgan fingerprint density at radius 1 is 1.13 bits per heavy atom. The van der Waals surface area contributed by atoms with E-state index in [0.717, 1.165) is 38.2 Å². The van der Waals surface area contributed by atoms with Crippen LogP contribution in [0.25, 0.3) is 0 Å². The van der Waals surface area contributed by atoms with E-state index >= 15 is 0 Å². The molecule has 0 spiro atoms. The van der Waals surface area contributed by atoms with Gasteiger partial charge in [0.25, 0.3) is 16.0 Å². The van der Waals surface area contributed by atoms with Crippen molar-refractivity contribution in [1.82, 2.24) is 14.9 Å². The van der Waals surface area contributed by atoms with Crippen molar-refractivity contribution in [3.63, 3.8) is 0 Å². The van der Waals surface area contributed by atoms with E-state index in [0.29, 0.717) is 13.0 Å². The molecule has 10 heteroatoms. The molecule has 1 aromatic heterocycles. The summed E-state index contributed by atoms with van der Waals surface area (Å²) >= 11 is 0. The van der Waals surface area contributed by atoms with Crippen LogP contribution in [0.2, 0.25) is 0 Å². The van der Waals surface area contributed by atoms with Gasteiger partial charge in [-0.1, -0.05) is 51.7 Å². The van der Waals surface area contributed by atoms with Gasteiger partial charge in [-0.3, -0.25) is 14.1 Å². The Bertz CT molecular complexity index is 987. The second-order valence-electron chi connectivity index (χ2n) is 7.29. The molecule has 2 aromatic rings. The van der Waals surface area contributed by atoms with E-state index in [1.807, 2.05) is 6.92 Å². The second kappa shape index (κ2) is 11.6. The highest BCUT2D eigenvalue weighted by atomic mass is 32.2. The third-order valence-electron chi connectivity index (χ3n) is 4.80. The molecule has 0 aliphatic heterocycles. The van der Waals surface area contributed by atoms with E-state index in [-0.39, 0.29) is 17.3 Å². The van der Waals surface area contributed by atoms with Gasteiger partial charge in [0.05, 0.1) is 11.9 Å². The number of hydrogen-bond donors (Lipinski definition) is 3. The SMILES string of the molecule is CCCCCCC(C(=O)NCCC)n1cnc(NC(=O)c2ccccc2S(=O)(=O)O)c1. The molecule has 1 heterocycles. The first-order valence-corrected chi connectivity index (χ1v) is 11.9. The van der Waals surface area contributed by atoms with Crippen LogP contribution in [0.4, 0.5) is 5.82 Å². The first-order chi connectivity index (χ1) is 14.8. The molecule has 1 unspecified atom stereocenters. The third-order valence-corrected chi connectivity index (χ3v) is 5.71. The summed E-state index contributed by atoms with van der Waals surface area (Å²) in [5.41, 5.74) is -0.198. The molecule has 170 valence electrons. The normalized spacial score (nSPS) is 12.4. The molecule has 0 bridgehead atoms. The number of amides is 2. The van der Waals surface area contributed by atoms with Gasteiger partial charge in [0.15, 0.2) is 5.82 Å².